The number of hydrogen-bond donors (Lipinski definition) is 1. The second-order valence-corrected chi connectivity index (χ2v) is 4.33. The van der Waals surface area contributed by atoms with E-state index in [4.69, 9.17) is 0 Å². The molecule has 2 aliphatic heterocycles. The van der Waals surface area contributed by atoms with Gasteiger partial charge in [0.05, 0.1) is 0 Å². The lowest BCUT2D eigenvalue weighted by Gasteiger charge is -2.44. The average molecular weight is 188 g/mol. The molecular formula is C12H16N2. The van der Waals surface area contributed by atoms with Gasteiger partial charge >= 0.3 is 0 Å². The number of nitrogens with zero attached hydrogens (tertiary/aromatic N) is 1. The fraction of sp³-hybridized carbons (Fsp3) is 0.500. The van der Waals surface area contributed by atoms with E-state index in [9.17, 15) is 0 Å². The molecule has 74 valence electrons. The van der Waals surface area contributed by atoms with Crippen LogP contribution >= 0.6 is 0 Å². The molecule has 2 saturated heterocycles. The zero-order valence-corrected chi connectivity index (χ0v) is 8.32. The Kier molecular flexibility index (Phi) is 2.03. The maximum atomic E-state index is 3.53. The van der Waals surface area contributed by atoms with Gasteiger partial charge in [0.1, 0.15) is 0 Å². The van der Waals surface area contributed by atoms with E-state index in [1.54, 1.807) is 0 Å². The largest absolute Gasteiger partial charge is 0.311 e. The molecule has 1 N–H and O–H groups in total. The van der Waals surface area contributed by atoms with Gasteiger partial charge in [-0.15, -0.1) is 0 Å². The van der Waals surface area contributed by atoms with Gasteiger partial charge in [0.2, 0.25) is 0 Å². The molecule has 0 aliphatic carbocycles. The normalized spacial score (nSPS) is 31.1. The Balaban J connectivity index is 1.64. The number of nitrogens with one attached hydrogen (secondary N) is 1. The quantitative estimate of drug-likeness (QED) is 0.751. The van der Waals surface area contributed by atoms with E-state index in [1.807, 2.05) is 0 Å². The summed E-state index contributed by atoms with van der Waals surface area (Å²) in [4.78, 5) is 2.58. The van der Waals surface area contributed by atoms with Crippen LogP contribution in [0.4, 0.5) is 0 Å². The van der Waals surface area contributed by atoms with Gasteiger partial charge in [-0.05, 0) is 18.5 Å². The van der Waals surface area contributed by atoms with Crippen LogP contribution in [-0.4, -0.2) is 30.1 Å². The molecule has 1 aromatic rings. The summed E-state index contributed by atoms with van der Waals surface area (Å²) >= 11 is 0. The minimum Gasteiger partial charge on any atom is -0.311 e. The highest BCUT2D eigenvalue weighted by atomic mass is 15.3. The topological polar surface area (TPSA) is 15.3 Å². The lowest BCUT2D eigenvalue weighted by molar-refractivity contribution is 0.0653. The second kappa shape index (κ2) is 3.37. The number of rotatable bonds is 2. The summed E-state index contributed by atoms with van der Waals surface area (Å²) in [5.74, 6) is 0. The maximum absolute atomic E-state index is 3.53. The van der Waals surface area contributed by atoms with Crippen molar-refractivity contribution in [1.82, 2.24) is 10.2 Å². The molecule has 2 heterocycles. The van der Waals surface area contributed by atoms with Crippen LogP contribution in [0.3, 0.4) is 0 Å². The third-order valence-corrected chi connectivity index (χ3v) is 3.44. The predicted octanol–water partition coefficient (Wildman–Crippen LogP) is 1.23. The first-order valence-corrected chi connectivity index (χ1v) is 5.45. The van der Waals surface area contributed by atoms with Crippen LogP contribution in [0.1, 0.15) is 12.0 Å². The molecule has 2 nitrogen and oxygen atoms in total. The standard InChI is InChI=1S/C12H16N2/c1-2-4-10(5-3-1)8-14-9-11-12(14)6-7-13-11/h1-5,11-13H,6-9H2/t11-,12-/m0/s1. The first-order valence-electron chi connectivity index (χ1n) is 5.45. The van der Waals surface area contributed by atoms with Gasteiger partial charge in [0, 0.05) is 25.2 Å². The highest BCUT2D eigenvalue weighted by molar-refractivity contribution is 5.16. The summed E-state index contributed by atoms with van der Waals surface area (Å²) in [6.07, 6.45) is 1.33. The van der Waals surface area contributed by atoms with Crippen LogP contribution in [0.2, 0.25) is 0 Å². The minimum absolute atomic E-state index is 0.790. The molecular weight excluding hydrogens is 172 g/mol. The summed E-state index contributed by atoms with van der Waals surface area (Å²) in [7, 11) is 0. The SMILES string of the molecule is c1ccc(CN2C[C@@H]3NCC[C@@H]32)cc1. The molecule has 1 aromatic carbocycles. The number of fused-ring (bicyclic) bond motifs is 1. The highest BCUT2D eigenvalue weighted by Crippen LogP contribution is 2.27. The summed E-state index contributed by atoms with van der Waals surface area (Å²) in [5.41, 5.74) is 1.44. The van der Waals surface area contributed by atoms with Crippen LogP contribution in [0, 0.1) is 0 Å². The Labute approximate surface area is 84.9 Å². The van der Waals surface area contributed by atoms with Crippen molar-refractivity contribution in [3.63, 3.8) is 0 Å². The zero-order valence-electron chi connectivity index (χ0n) is 8.32. The molecule has 0 aromatic heterocycles. The van der Waals surface area contributed by atoms with Gasteiger partial charge in [0.25, 0.3) is 0 Å². The zero-order chi connectivity index (χ0) is 9.38. The van der Waals surface area contributed by atoms with Crippen molar-refractivity contribution in [2.75, 3.05) is 13.1 Å². The molecule has 0 saturated carbocycles. The molecule has 0 radical (unpaired) electrons. The van der Waals surface area contributed by atoms with Crippen LogP contribution in [0.5, 0.6) is 0 Å². The number of hydrogen-bond acceptors (Lipinski definition) is 2. The summed E-state index contributed by atoms with van der Waals surface area (Å²) in [6, 6.07) is 12.4. The lowest BCUT2D eigenvalue weighted by Crippen LogP contribution is -2.60. The van der Waals surface area contributed by atoms with Gasteiger partial charge < -0.3 is 5.32 Å². The average Bonchev–Trinajstić information content (AvgIpc) is 2.58. The van der Waals surface area contributed by atoms with Crippen molar-refractivity contribution in [1.29, 1.82) is 0 Å². The van der Waals surface area contributed by atoms with Gasteiger partial charge in [0.15, 0.2) is 0 Å². The van der Waals surface area contributed by atoms with E-state index in [0.717, 1.165) is 18.6 Å². The summed E-state index contributed by atoms with van der Waals surface area (Å²) in [5, 5.41) is 3.53. The van der Waals surface area contributed by atoms with Crippen molar-refractivity contribution in [2.24, 2.45) is 0 Å². The van der Waals surface area contributed by atoms with Crippen LogP contribution in [0.25, 0.3) is 0 Å². The van der Waals surface area contributed by atoms with Crippen molar-refractivity contribution < 1.29 is 0 Å². The van der Waals surface area contributed by atoms with Gasteiger partial charge in [-0.3, -0.25) is 4.90 Å². The fourth-order valence-electron chi connectivity index (χ4n) is 2.63. The van der Waals surface area contributed by atoms with Crippen molar-refractivity contribution >= 4 is 0 Å². The summed E-state index contributed by atoms with van der Waals surface area (Å²) in [6.45, 7) is 3.57. The third kappa shape index (κ3) is 1.35. The summed E-state index contributed by atoms with van der Waals surface area (Å²) < 4.78 is 0. The Hall–Kier alpha value is -0.860. The van der Waals surface area contributed by atoms with E-state index in [0.29, 0.717) is 0 Å². The molecule has 0 unspecified atom stereocenters. The van der Waals surface area contributed by atoms with Crippen molar-refractivity contribution in [3.05, 3.63) is 35.9 Å². The van der Waals surface area contributed by atoms with Crippen LogP contribution in [0.15, 0.2) is 30.3 Å². The molecule has 0 spiro atoms. The Morgan fingerprint density at radius 3 is 2.93 bits per heavy atom. The Morgan fingerprint density at radius 2 is 2.14 bits per heavy atom. The first-order chi connectivity index (χ1) is 6.93. The van der Waals surface area contributed by atoms with E-state index in [-0.39, 0.29) is 0 Å². The molecule has 0 amide bonds. The third-order valence-electron chi connectivity index (χ3n) is 3.44. The maximum Gasteiger partial charge on any atom is 0.0352 e. The molecule has 0 bridgehead atoms. The van der Waals surface area contributed by atoms with E-state index >= 15 is 0 Å². The molecule has 2 aliphatic rings. The fourth-order valence-corrected chi connectivity index (χ4v) is 2.63. The molecule has 2 fully saturated rings. The van der Waals surface area contributed by atoms with Gasteiger partial charge in [-0.2, -0.15) is 0 Å². The predicted molar refractivity (Wildman–Crippen MR) is 57.0 cm³/mol. The van der Waals surface area contributed by atoms with Crippen molar-refractivity contribution in [3.8, 4) is 0 Å². The number of likely N-dealkylation sites (tertiary alicyclic amines) is 1. The Bertz CT molecular complexity index is 309. The van der Waals surface area contributed by atoms with Gasteiger partial charge in [-0.1, -0.05) is 30.3 Å². The molecule has 2 atom stereocenters. The van der Waals surface area contributed by atoms with Gasteiger partial charge in [-0.25, -0.2) is 0 Å². The monoisotopic (exact) mass is 188 g/mol. The van der Waals surface area contributed by atoms with E-state index in [2.05, 4.69) is 40.5 Å². The van der Waals surface area contributed by atoms with Crippen LogP contribution < -0.4 is 5.32 Å². The first kappa shape index (κ1) is 8.45. The molecule has 14 heavy (non-hydrogen) atoms. The minimum atomic E-state index is 0.790. The van der Waals surface area contributed by atoms with E-state index in [1.165, 1.54) is 25.1 Å². The van der Waals surface area contributed by atoms with Crippen molar-refractivity contribution in [2.45, 2.75) is 25.0 Å². The second-order valence-electron chi connectivity index (χ2n) is 4.33. The molecule has 3 rings (SSSR count). The van der Waals surface area contributed by atoms with E-state index < -0.39 is 0 Å². The Morgan fingerprint density at radius 1 is 1.29 bits per heavy atom. The van der Waals surface area contributed by atoms with Crippen LogP contribution in [-0.2, 0) is 6.54 Å². The molecule has 2 heteroatoms. The highest BCUT2D eigenvalue weighted by Gasteiger charge is 2.41. The number of benzene rings is 1. The lowest BCUT2D eigenvalue weighted by atomic mass is 9.97. The smallest absolute Gasteiger partial charge is 0.0352 e.